The number of rotatable bonds is 3. The molecule has 2 bridgehead atoms. The third kappa shape index (κ3) is 1.62. The van der Waals surface area contributed by atoms with Crippen LogP contribution in [0.3, 0.4) is 0 Å². The maximum atomic E-state index is 5.91. The molecule has 0 saturated carbocycles. The zero-order chi connectivity index (χ0) is 11.0. The summed E-state index contributed by atoms with van der Waals surface area (Å²) in [6.07, 6.45) is 9.93. The second-order valence-electron chi connectivity index (χ2n) is 4.71. The van der Waals surface area contributed by atoms with Gasteiger partial charge in [-0.1, -0.05) is 0 Å². The predicted octanol–water partition coefficient (Wildman–Crippen LogP) is 1.30. The Morgan fingerprint density at radius 3 is 2.75 bits per heavy atom. The van der Waals surface area contributed by atoms with E-state index in [1.54, 1.807) is 6.33 Å². The van der Waals surface area contributed by atoms with Crippen molar-refractivity contribution in [2.75, 3.05) is 7.05 Å². The molecule has 0 radical (unpaired) electrons. The molecule has 4 unspecified atom stereocenters. The highest BCUT2D eigenvalue weighted by molar-refractivity contribution is 5.13. The second-order valence-corrected chi connectivity index (χ2v) is 4.71. The van der Waals surface area contributed by atoms with Crippen LogP contribution in [0.4, 0.5) is 0 Å². The largest absolute Gasteiger partial charge is 0.375 e. The topological polar surface area (TPSA) is 47.0 Å². The van der Waals surface area contributed by atoms with Gasteiger partial charge in [0.15, 0.2) is 0 Å². The summed E-state index contributed by atoms with van der Waals surface area (Å²) >= 11 is 0. The third-order valence-corrected chi connectivity index (χ3v) is 3.83. The number of nitrogens with zero attached hydrogens (tertiary/aromatic N) is 2. The van der Waals surface area contributed by atoms with Crippen molar-refractivity contribution in [3.05, 3.63) is 24.3 Å². The second kappa shape index (κ2) is 4.11. The Kier molecular flexibility index (Phi) is 2.61. The van der Waals surface area contributed by atoms with Gasteiger partial charge in [0.1, 0.15) is 6.33 Å². The molecule has 1 aromatic heterocycles. The molecule has 2 aliphatic heterocycles. The highest BCUT2D eigenvalue weighted by atomic mass is 16.5. The minimum Gasteiger partial charge on any atom is -0.375 e. The Labute approximate surface area is 95.4 Å². The molecule has 1 aromatic rings. The SMILES string of the molecule is CNC(c1cncnc1)C1CC2CCC1O2. The molecule has 4 nitrogen and oxygen atoms in total. The number of ether oxygens (including phenoxy) is 1. The summed E-state index contributed by atoms with van der Waals surface area (Å²) in [5.74, 6) is 0.578. The zero-order valence-electron chi connectivity index (χ0n) is 9.47. The van der Waals surface area contributed by atoms with E-state index in [1.165, 1.54) is 24.8 Å². The Morgan fingerprint density at radius 2 is 2.19 bits per heavy atom. The first kappa shape index (κ1) is 10.2. The fraction of sp³-hybridized carbons (Fsp3) is 0.667. The summed E-state index contributed by atoms with van der Waals surface area (Å²) in [6.45, 7) is 0. The normalized spacial score (nSPS) is 34.2. The lowest BCUT2D eigenvalue weighted by Crippen LogP contribution is -2.31. The van der Waals surface area contributed by atoms with Crippen LogP contribution < -0.4 is 5.32 Å². The quantitative estimate of drug-likeness (QED) is 0.832. The molecule has 2 fully saturated rings. The van der Waals surface area contributed by atoms with Crippen LogP contribution in [-0.2, 0) is 4.74 Å². The Morgan fingerprint density at radius 1 is 1.38 bits per heavy atom. The van der Waals surface area contributed by atoms with Gasteiger partial charge in [-0.2, -0.15) is 0 Å². The van der Waals surface area contributed by atoms with E-state index in [-0.39, 0.29) is 0 Å². The smallest absolute Gasteiger partial charge is 0.115 e. The fourth-order valence-electron chi connectivity index (χ4n) is 3.13. The molecule has 2 aliphatic rings. The number of hydrogen-bond donors (Lipinski definition) is 1. The minimum absolute atomic E-state index is 0.330. The zero-order valence-corrected chi connectivity index (χ0v) is 9.47. The molecule has 4 heteroatoms. The van der Waals surface area contributed by atoms with Crippen LogP contribution in [0.5, 0.6) is 0 Å². The first-order valence-electron chi connectivity index (χ1n) is 5.96. The van der Waals surface area contributed by atoms with E-state index in [2.05, 4.69) is 15.3 Å². The first-order chi connectivity index (χ1) is 7.88. The number of hydrogen-bond acceptors (Lipinski definition) is 4. The van der Waals surface area contributed by atoms with Gasteiger partial charge >= 0.3 is 0 Å². The van der Waals surface area contributed by atoms with Gasteiger partial charge in [-0.15, -0.1) is 0 Å². The van der Waals surface area contributed by atoms with Crippen LogP contribution in [0.25, 0.3) is 0 Å². The summed E-state index contributed by atoms with van der Waals surface area (Å²) in [5, 5.41) is 3.39. The van der Waals surface area contributed by atoms with E-state index in [4.69, 9.17) is 4.74 Å². The van der Waals surface area contributed by atoms with Crippen molar-refractivity contribution in [2.45, 2.75) is 37.5 Å². The molecule has 2 saturated heterocycles. The summed E-state index contributed by atoms with van der Waals surface area (Å²) < 4.78 is 5.91. The van der Waals surface area contributed by atoms with Gasteiger partial charge in [-0.25, -0.2) is 9.97 Å². The molecule has 86 valence electrons. The summed E-state index contributed by atoms with van der Waals surface area (Å²) in [7, 11) is 2.00. The van der Waals surface area contributed by atoms with E-state index < -0.39 is 0 Å². The lowest BCUT2D eigenvalue weighted by Gasteiger charge is -2.27. The summed E-state index contributed by atoms with van der Waals surface area (Å²) in [5.41, 5.74) is 1.17. The molecule has 0 spiro atoms. The third-order valence-electron chi connectivity index (χ3n) is 3.83. The number of aromatic nitrogens is 2. The Hall–Kier alpha value is -1.00. The van der Waals surface area contributed by atoms with Crippen LogP contribution in [0.15, 0.2) is 18.7 Å². The maximum Gasteiger partial charge on any atom is 0.115 e. The van der Waals surface area contributed by atoms with Crippen molar-refractivity contribution in [3.63, 3.8) is 0 Å². The van der Waals surface area contributed by atoms with Crippen LogP contribution in [0, 0.1) is 5.92 Å². The van der Waals surface area contributed by atoms with Crippen LogP contribution in [-0.4, -0.2) is 29.2 Å². The van der Waals surface area contributed by atoms with Crippen LogP contribution in [0.2, 0.25) is 0 Å². The molecular weight excluding hydrogens is 202 g/mol. The lowest BCUT2D eigenvalue weighted by atomic mass is 9.82. The van der Waals surface area contributed by atoms with Crippen LogP contribution >= 0.6 is 0 Å². The van der Waals surface area contributed by atoms with Crippen molar-refractivity contribution < 1.29 is 4.74 Å². The highest BCUT2D eigenvalue weighted by Gasteiger charge is 2.44. The average Bonchev–Trinajstić information content (AvgIpc) is 2.94. The van der Waals surface area contributed by atoms with Crippen LogP contribution in [0.1, 0.15) is 30.9 Å². The van der Waals surface area contributed by atoms with E-state index in [1.807, 2.05) is 19.4 Å². The molecule has 3 heterocycles. The minimum atomic E-state index is 0.330. The number of nitrogens with one attached hydrogen (secondary N) is 1. The van der Waals surface area contributed by atoms with Crippen molar-refractivity contribution in [3.8, 4) is 0 Å². The van der Waals surface area contributed by atoms with Gasteiger partial charge in [0.05, 0.1) is 12.2 Å². The molecular formula is C12H17N3O. The molecule has 4 atom stereocenters. The highest BCUT2D eigenvalue weighted by Crippen LogP contribution is 2.44. The Bertz CT molecular complexity index is 357. The molecule has 0 aromatic carbocycles. The number of fused-ring (bicyclic) bond motifs is 2. The monoisotopic (exact) mass is 219 g/mol. The van der Waals surface area contributed by atoms with Gasteiger partial charge in [-0.05, 0) is 26.3 Å². The van der Waals surface area contributed by atoms with Crippen molar-refractivity contribution in [1.29, 1.82) is 0 Å². The standard InChI is InChI=1S/C12H17N3O/c1-13-12(8-5-14-7-15-6-8)10-4-9-2-3-11(10)16-9/h5-7,9-13H,2-4H2,1H3. The first-order valence-corrected chi connectivity index (χ1v) is 5.96. The summed E-state index contributed by atoms with van der Waals surface area (Å²) in [6, 6.07) is 0.330. The summed E-state index contributed by atoms with van der Waals surface area (Å²) in [4.78, 5) is 8.19. The van der Waals surface area contributed by atoms with E-state index >= 15 is 0 Å². The molecule has 0 amide bonds. The molecule has 3 rings (SSSR count). The van der Waals surface area contributed by atoms with E-state index in [0.717, 1.165) is 0 Å². The van der Waals surface area contributed by atoms with Gasteiger partial charge in [0.2, 0.25) is 0 Å². The van der Waals surface area contributed by atoms with Gasteiger partial charge in [0, 0.05) is 29.9 Å². The van der Waals surface area contributed by atoms with Gasteiger partial charge < -0.3 is 10.1 Å². The van der Waals surface area contributed by atoms with E-state index in [9.17, 15) is 0 Å². The average molecular weight is 219 g/mol. The lowest BCUT2D eigenvalue weighted by molar-refractivity contribution is 0.0862. The van der Waals surface area contributed by atoms with Crippen molar-refractivity contribution in [1.82, 2.24) is 15.3 Å². The maximum absolute atomic E-state index is 5.91. The van der Waals surface area contributed by atoms with Gasteiger partial charge in [0.25, 0.3) is 0 Å². The molecule has 1 N–H and O–H groups in total. The fourth-order valence-corrected chi connectivity index (χ4v) is 3.13. The van der Waals surface area contributed by atoms with Crippen molar-refractivity contribution >= 4 is 0 Å². The Balaban J connectivity index is 1.81. The van der Waals surface area contributed by atoms with Crippen molar-refractivity contribution in [2.24, 2.45) is 5.92 Å². The van der Waals surface area contributed by atoms with Gasteiger partial charge in [-0.3, -0.25) is 0 Å². The predicted molar refractivity (Wildman–Crippen MR) is 59.8 cm³/mol. The molecule has 0 aliphatic carbocycles. The molecule has 16 heavy (non-hydrogen) atoms. The van der Waals surface area contributed by atoms with E-state index in [0.29, 0.717) is 24.2 Å².